The summed E-state index contributed by atoms with van der Waals surface area (Å²) in [6.07, 6.45) is 0. The monoisotopic (exact) mass is 240 g/mol. The molecule has 0 fully saturated rings. The Bertz CT molecular complexity index is 299. The van der Waals surface area contributed by atoms with Crippen molar-refractivity contribution in [2.45, 2.75) is 0 Å². The summed E-state index contributed by atoms with van der Waals surface area (Å²) < 4.78 is 28.6. The number of ether oxygens (including phenoxy) is 1. The average molecular weight is 240 g/mol. The van der Waals surface area contributed by atoms with Crippen molar-refractivity contribution < 1.29 is 52.4 Å². The van der Waals surface area contributed by atoms with Crippen molar-refractivity contribution in [3.05, 3.63) is 35.9 Å². The van der Waals surface area contributed by atoms with Gasteiger partial charge in [0.05, 0.1) is 24.0 Å². The van der Waals surface area contributed by atoms with Crippen molar-refractivity contribution in [1.29, 1.82) is 0 Å². The predicted octanol–water partition coefficient (Wildman–Crippen LogP) is -2.18. The molecule has 78 valence electrons. The molecular formula is C8H9NaO5S. The fraction of sp³-hybridized carbons (Fsp3) is 0.125. The largest absolute Gasteiger partial charge is 1.00 e. The van der Waals surface area contributed by atoms with Crippen molar-refractivity contribution >= 4 is 17.3 Å². The Labute approximate surface area is 112 Å². The Morgan fingerprint density at radius 1 is 1.40 bits per heavy atom. The van der Waals surface area contributed by atoms with E-state index in [9.17, 15) is 4.79 Å². The molecule has 0 bridgehead atoms. The van der Waals surface area contributed by atoms with E-state index in [4.69, 9.17) is 13.3 Å². The third-order valence-electron chi connectivity index (χ3n) is 1.19. The smallest absolute Gasteiger partial charge is 0.750 e. The number of benzene rings is 1. The normalized spacial score (nSPS) is 10.1. The van der Waals surface area contributed by atoms with Crippen LogP contribution in [0.5, 0.6) is 0 Å². The molecule has 7 heteroatoms. The van der Waals surface area contributed by atoms with E-state index >= 15 is 0 Å². The molecule has 0 amide bonds. The molecule has 1 aromatic carbocycles. The van der Waals surface area contributed by atoms with Crippen LogP contribution in [-0.4, -0.2) is 26.4 Å². The molecule has 0 heterocycles. The van der Waals surface area contributed by atoms with Crippen molar-refractivity contribution in [3.63, 3.8) is 0 Å². The molecule has 0 aromatic heterocycles. The average Bonchev–Trinajstić information content (AvgIpc) is 2.17. The molecule has 0 spiro atoms. The van der Waals surface area contributed by atoms with Crippen LogP contribution in [0.4, 0.5) is 0 Å². The van der Waals surface area contributed by atoms with E-state index in [1.54, 1.807) is 24.3 Å². The molecule has 5 nitrogen and oxygen atoms in total. The predicted molar refractivity (Wildman–Crippen MR) is 49.3 cm³/mol. The van der Waals surface area contributed by atoms with E-state index in [0.29, 0.717) is 5.56 Å². The Kier molecular flexibility index (Phi) is 11.8. The maximum atomic E-state index is 10.8. The second-order valence-electron chi connectivity index (χ2n) is 2.07. The van der Waals surface area contributed by atoms with Crippen molar-refractivity contribution in [3.8, 4) is 0 Å². The molecule has 1 rings (SSSR count). The van der Waals surface area contributed by atoms with Crippen LogP contribution in [0.1, 0.15) is 10.4 Å². The van der Waals surface area contributed by atoms with Gasteiger partial charge in [-0.1, -0.05) is 18.2 Å². The molecule has 1 N–H and O–H groups in total. The fourth-order valence-electron chi connectivity index (χ4n) is 0.692. The van der Waals surface area contributed by atoms with Gasteiger partial charge in [-0.05, 0) is 12.1 Å². The first kappa shape index (κ1) is 17.2. The molecule has 15 heavy (non-hydrogen) atoms. The second-order valence-corrected chi connectivity index (χ2v) is 2.51. The van der Waals surface area contributed by atoms with Gasteiger partial charge >= 0.3 is 35.5 Å². The summed E-state index contributed by atoms with van der Waals surface area (Å²) in [5, 5.41) is 0. The molecule has 1 unspecified atom stereocenters. The minimum absolute atomic E-state index is 0. The van der Waals surface area contributed by atoms with Crippen LogP contribution in [0.2, 0.25) is 0 Å². The summed E-state index contributed by atoms with van der Waals surface area (Å²) in [6, 6.07) is 8.88. The van der Waals surface area contributed by atoms with Crippen molar-refractivity contribution in [2.75, 3.05) is 7.11 Å². The maximum absolute atomic E-state index is 10.8. The molecule has 0 aliphatic rings. The third-order valence-corrected chi connectivity index (χ3v) is 1.19. The quantitative estimate of drug-likeness (QED) is 0.342. The zero-order chi connectivity index (χ0) is 11.0. The molecule has 0 saturated carbocycles. The van der Waals surface area contributed by atoms with E-state index in [-0.39, 0.29) is 35.5 Å². The summed E-state index contributed by atoms with van der Waals surface area (Å²) >= 11 is -2.86. The molecular weight excluding hydrogens is 231 g/mol. The van der Waals surface area contributed by atoms with Gasteiger partial charge in [0, 0.05) is 0 Å². The minimum atomic E-state index is -2.86. The van der Waals surface area contributed by atoms with E-state index in [0.717, 1.165) is 0 Å². The molecule has 0 aliphatic carbocycles. The zero-order valence-electron chi connectivity index (χ0n) is 8.38. The number of esters is 1. The van der Waals surface area contributed by atoms with E-state index < -0.39 is 11.4 Å². The van der Waals surface area contributed by atoms with Crippen LogP contribution in [0.15, 0.2) is 30.3 Å². The Morgan fingerprint density at radius 3 is 2.13 bits per heavy atom. The first-order chi connectivity index (χ1) is 6.57. The number of carbonyl (C=O) groups is 1. The van der Waals surface area contributed by atoms with Gasteiger partial charge in [-0.15, -0.1) is 0 Å². The molecule has 0 aliphatic heterocycles. The zero-order valence-corrected chi connectivity index (χ0v) is 11.2. The van der Waals surface area contributed by atoms with Gasteiger partial charge in [-0.2, -0.15) is 0 Å². The summed E-state index contributed by atoms with van der Waals surface area (Å²) in [4.78, 5) is 10.8. The first-order valence-electron chi connectivity index (χ1n) is 3.49. The molecule has 0 radical (unpaired) electrons. The standard InChI is InChI=1S/C8H8O2.Na.H2O3S/c1-10-8(9)7-5-3-2-4-6-7;;1-4(2)3/h2-6H,1H3;;(H2,1,2,3)/q;+1;/p-1. The Balaban J connectivity index is 0. The van der Waals surface area contributed by atoms with Crippen molar-refractivity contribution in [2.24, 2.45) is 0 Å². The topological polar surface area (TPSA) is 86.7 Å². The van der Waals surface area contributed by atoms with Crippen molar-refractivity contribution in [1.82, 2.24) is 0 Å². The van der Waals surface area contributed by atoms with Gasteiger partial charge in [0.15, 0.2) is 0 Å². The Hall–Kier alpha value is -0.240. The number of hydrogen-bond donors (Lipinski definition) is 1. The van der Waals surface area contributed by atoms with Crippen LogP contribution in [-0.2, 0) is 16.1 Å². The number of rotatable bonds is 1. The van der Waals surface area contributed by atoms with Crippen LogP contribution in [0.25, 0.3) is 0 Å². The summed E-state index contributed by atoms with van der Waals surface area (Å²) in [5.41, 5.74) is 0.588. The van der Waals surface area contributed by atoms with Crippen LogP contribution < -0.4 is 29.6 Å². The number of hydrogen-bond acceptors (Lipinski definition) is 4. The van der Waals surface area contributed by atoms with E-state index in [1.165, 1.54) is 7.11 Å². The van der Waals surface area contributed by atoms with Gasteiger partial charge in [0.1, 0.15) is 0 Å². The van der Waals surface area contributed by atoms with Crippen LogP contribution >= 0.6 is 0 Å². The SMILES string of the molecule is COC(=O)c1ccccc1.O=S([O-])O.[Na+]. The van der Waals surface area contributed by atoms with Gasteiger partial charge < -0.3 is 13.8 Å². The Morgan fingerprint density at radius 2 is 1.80 bits per heavy atom. The minimum Gasteiger partial charge on any atom is -0.750 e. The van der Waals surface area contributed by atoms with Gasteiger partial charge in [-0.3, -0.25) is 0 Å². The number of methoxy groups -OCH3 is 1. The fourth-order valence-corrected chi connectivity index (χ4v) is 0.692. The molecule has 0 saturated heterocycles. The first-order valence-corrected chi connectivity index (χ1v) is 4.52. The van der Waals surface area contributed by atoms with Crippen LogP contribution in [0.3, 0.4) is 0 Å². The maximum Gasteiger partial charge on any atom is 1.00 e. The van der Waals surface area contributed by atoms with Gasteiger partial charge in [-0.25, -0.2) is 9.00 Å². The van der Waals surface area contributed by atoms with Crippen LogP contribution in [0, 0.1) is 0 Å². The summed E-state index contributed by atoms with van der Waals surface area (Å²) in [6.45, 7) is 0. The van der Waals surface area contributed by atoms with Gasteiger partial charge in [0.25, 0.3) is 0 Å². The molecule has 1 aromatic rings. The third kappa shape index (κ3) is 10.1. The molecule has 1 atom stereocenters. The summed E-state index contributed by atoms with van der Waals surface area (Å²) in [7, 11) is 1.37. The van der Waals surface area contributed by atoms with E-state index in [2.05, 4.69) is 4.74 Å². The number of carbonyl (C=O) groups excluding carboxylic acids is 1. The van der Waals surface area contributed by atoms with E-state index in [1.807, 2.05) is 6.07 Å². The van der Waals surface area contributed by atoms with Gasteiger partial charge in [0.2, 0.25) is 0 Å². The second kappa shape index (κ2) is 10.3. The summed E-state index contributed by atoms with van der Waals surface area (Å²) in [5.74, 6) is -0.291.